The number of primary amides is 1. The molecule has 18 N–H and O–H groups in total. The topological polar surface area (TPSA) is 361 Å². The number of aliphatic carboxylic acids is 4. The van der Waals surface area contributed by atoms with Crippen molar-refractivity contribution in [2.24, 2.45) is 51.0 Å². The summed E-state index contributed by atoms with van der Waals surface area (Å²) in [5.41, 5.74) is 35.0. The number of rotatable bonds is 13. The zero-order chi connectivity index (χ0) is 29.4. The van der Waals surface area contributed by atoms with E-state index < -0.39 is 47.9 Å². The molecule has 0 aliphatic rings. The smallest absolute Gasteiger partial charge is 0.320 e. The van der Waals surface area contributed by atoms with E-state index in [4.69, 9.17) is 54.8 Å². The van der Waals surface area contributed by atoms with Crippen molar-refractivity contribution in [1.29, 1.82) is 0 Å². The van der Waals surface area contributed by atoms with Crippen molar-refractivity contribution < 1.29 is 44.4 Å². The van der Waals surface area contributed by atoms with Gasteiger partial charge in [0.2, 0.25) is 5.91 Å². The van der Waals surface area contributed by atoms with E-state index in [-0.39, 0.29) is 31.3 Å². The Kier molecular flexibility index (Phi) is 27.1. The Hall–Kier alpha value is -3.54. The molecule has 0 aromatic carbocycles. The van der Waals surface area contributed by atoms with Crippen molar-refractivity contribution in [2.75, 3.05) is 13.1 Å². The van der Waals surface area contributed by atoms with Crippen LogP contribution in [0.5, 0.6) is 0 Å². The predicted octanol–water partition coefficient (Wildman–Crippen LogP) is -3.41. The number of aliphatic imine (C=N–C) groups is 1. The molecule has 17 nitrogen and oxygen atoms in total. The van der Waals surface area contributed by atoms with Crippen molar-refractivity contribution >= 4 is 35.7 Å². The van der Waals surface area contributed by atoms with Gasteiger partial charge < -0.3 is 60.6 Å². The molecule has 0 aliphatic carbocycles. The summed E-state index contributed by atoms with van der Waals surface area (Å²) >= 11 is 0. The molecule has 0 fully saturated rings. The number of carboxylic acid groups (broad SMARTS) is 4. The molecular weight excluding hydrogens is 484 g/mol. The molecule has 0 rings (SSSR count). The molecule has 212 valence electrons. The molecule has 0 bridgehead atoms. The molecule has 0 aromatic heterocycles. The van der Waals surface area contributed by atoms with E-state index >= 15 is 0 Å². The number of hydrogen-bond acceptors (Lipinski definition) is 10. The third-order valence-electron chi connectivity index (χ3n) is 4.02. The van der Waals surface area contributed by atoms with Crippen LogP contribution in [0.3, 0.4) is 0 Å². The van der Waals surface area contributed by atoms with Crippen molar-refractivity contribution in [3.8, 4) is 0 Å². The normalized spacial score (nSPS) is 12.7. The molecule has 0 unspecified atom stereocenters. The van der Waals surface area contributed by atoms with Crippen molar-refractivity contribution in [3.05, 3.63) is 0 Å². The van der Waals surface area contributed by atoms with Crippen LogP contribution in [-0.2, 0) is 24.0 Å². The summed E-state index contributed by atoms with van der Waals surface area (Å²) in [6.07, 6.45) is 1.89. The molecule has 36 heavy (non-hydrogen) atoms. The molecular formula is C19H42N8O9. The maximum atomic E-state index is 10.2. The molecule has 0 aliphatic heterocycles. The number of hydrogen-bond donors (Lipinski definition) is 11. The van der Waals surface area contributed by atoms with Gasteiger partial charge in [-0.3, -0.25) is 29.0 Å². The van der Waals surface area contributed by atoms with Crippen LogP contribution in [0.25, 0.3) is 0 Å². The Balaban J connectivity index is -0.000000197. The van der Waals surface area contributed by atoms with E-state index in [1.54, 1.807) is 0 Å². The zero-order valence-corrected chi connectivity index (χ0v) is 20.6. The molecule has 0 spiro atoms. The molecule has 4 atom stereocenters. The number of amides is 1. The average Bonchev–Trinajstić information content (AvgIpc) is 2.79. The zero-order valence-electron chi connectivity index (χ0n) is 20.6. The van der Waals surface area contributed by atoms with E-state index in [2.05, 4.69) is 10.7 Å². The minimum absolute atomic E-state index is 0.0129. The lowest BCUT2D eigenvalue weighted by molar-refractivity contribution is -0.140. The molecule has 0 radical (unpaired) electrons. The molecule has 0 saturated carbocycles. The number of nitrogens with two attached hydrogens (primary N) is 7. The van der Waals surface area contributed by atoms with Crippen LogP contribution >= 0.6 is 0 Å². The number of guanidine groups is 1. The molecule has 0 heterocycles. The van der Waals surface area contributed by atoms with Gasteiger partial charge >= 0.3 is 23.9 Å². The lowest BCUT2D eigenvalue weighted by Crippen LogP contribution is -2.36. The Labute approximate surface area is 209 Å². The second-order valence-corrected chi connectivity index (χ2v) is 7.19. The molecule has 1 amide bonds. The third-order valence-corrected chi connectivity index (χ3v) is 4.02. The molecule has 17 heteroatoms. The highest BCUT2D eigenvalue weighted by Gasteiger charge is 2.17. The first-order valence-corrected chi connectivity index (χ1v) is 10.6. The highest BCUT2D eigenvalue weighted by atomic mass is 16.4. The van der Waals surface area contributed by atoms with Crippen molar-refractivity contribution in [2.45, 2.75) is 64.1 Å². The van der Waals surface area contributed by atoms with Crippen LogP contribution in [0.4, 0.5) is 0 Å². The number of carbonyl (C=O) groups is 5. The quantitative estimate of drug-likeness (QED) is 0.0632. The SMILES string of the molecule is CC[C@H](C)[C@H](N)C(=O)O.NC(=O)CC[C@H](N)C(=O)O.NC(N)=NCCC[C@H](N)C(=O)O.NCC(=O)O. The number of nitrogens with zero attached hydrogens (tertiary/aromatic N) is 1. The molecule has 0 aromatic rings. The highest BCUT2D eigenvalue weighted by Crippen LogP contribution is 2.04. The van der Waals surface area contributed by atoms with Crippen molar-refractivity contribution in [3.63, 3.8) is 0 Å². The maximum absolute atomic E-state index is 10.2. The second-order valence-electron chi connectivity index (χ2n) is 7.19. The van der Waals surface area contributed by atoms with Crippen LogP contribution in [0.2, 0.25) is 0 Å². The largest absolute Gasteiger partial charge is 0.480 e. The van der Waals surface area contributed by atoms with Gasteiger partial charge in [0.25, 0.3) is 0 Å². The van der Waals surface area contributed by atoms with Gasteiger partial charge in [0.05, 0.1) is 6.54 Å². The van der Waals surface area contributed by atoms with Crippen LogP contribution < -0.4 is 40.1 Å². The van der Waals surface area contributed by atoms with Gasteiger partial charge in [-0.05, 0) is 25.2 Å². The summed E-state index contributed by atoms with van der Waals surface area (Å²) < 4.78 is 0. The maximum Gasteiger partial charge on any atom is 0.320 e. The van der Waals surface area contributed by atoms with Gasteiger partial charge in [-0.15, -0.1) is 0 Å². The molecule has 0 saturated heterocycles. The lowest BCUT2D eigenvalue weighted by Gasteiger charge is -2.11. The summed E-state index contributed by atoms with van der Waals surface area (Å²) in [6.45, 7) is 3.90. The summed E-state index contributed by atoms with van der Waals surface area (Å²) in [7, 11) is 0. The monoisotopic (exact) mass is 526 g/mol. The fraction of sp³-hybridized carbons (Fsp3) is 0.684. The summed E-state index contributed by atoms with van der Waals surface area (Å²) in [6, 6.07) is -2.50. The Bertz CT molecular complexity index is 688. The van der Waals surface area contributed by atoms with Crippen LogP contribution in [0, 0.1) is 5.92 Å². The minimum atomic E-state index is -1.11. The Morgan fingerprint density at radius 1 is 0.806 bits per heavy atom. The van der Waals surface area contributed by atoms with E-state index in [0.29, 0.717) is 19.4 Å². The first-order valence-electron chi connectivity index (χ1n) is 10.6. The third kappa shape index (κ3) is 32.6. The number of carbonyl (C=O) groups excluding carboxylic acids is 1. The first kappa shape index (κ1) is 39.7. The Morgan fingerprint density at radius 3 is 1.47 bits per heavy atom. The van der Waals surface area contributed by atoms with Gasteiger partial charge in [0.1, 0.15) is 18.1 Å². The van der Waals surface area contributed by atoms with Gasteiger partial charge in [-0.25, -0.2) is 0 Å². The average molecular weight is 527 g/mol. The van der Waals surface area contributed by atoms with Crippen LogP contribution in [-0.4, -0.2) is 87.4 Å². The summed E-state index contributed by atoms with van der Waals surface area (Å²) in [5.74, 6) is -4.44. The number of carboxylic acids is 4. The van der Waals surface area contributed by atoms with Crippen LogP contribution in [0.15, 0.2) is 4.99 Å². The summed E-state index contributed by atoms with van der Waals surface area (Å²) in [4.78, 5) is 53.4. The van der Waals surface area contributed by atoms with Gasteiger partial charge in [-0.2, -0.15) is 0 Å². The predicted molar refractivity (Wildman–Crippen MR) is 131 cm³/mol. The van der Waals surface area contributed by atoms with Crippen molar-refractivity contribution in [1.82, 2.24) is 0 Å². The fourth-order valence-corrected chi connectivity index (χ4v) is 1.56. The summed E-state index contributed by atoms with van der Waals surface area (Å²) in [5, 5.41) is 32.6. The van der Waals surface area contributed by atoms with Gasteiger partial charge in [0.15, 0.2) is 5.96 Å². The van der Waals surface area contributed by atoms with Gasteiger partial charge in [0, 0.05) is 13.0 Å². The standard InChI is InChI=1S/C6H14N4O2.C6H13NO2.C5H10N2O3.C2H5NO2/c7-4(5(11)12)2-1-3-10-6(8)9;1-3-4(2)5(7)6(8)9;6-3(5(9)10)1-2-4(7)8;3-1-2(4)5/h4H,1-3,7H2,(H,11,12)(H4,8,9,10);4-5H,3,7H2,1-2H3,(H,8,9);3H,1-2,6H2,(H2,7,8)(H,9,10);1,3H2,(H,4,5)/t4-;4-,5-;3-;/m000./s1. The Morgan fingerprint density at radius 2 is 1.22 bits per heavy atom. The van der Waals surface area contributed by atoms with Crippen LogP contribution in [0.1, 0.15) is 46.0 Å². The van der Waals surface area contributed by atoms with E-state index in [1.165, 1.54) is 0 Å². The van der Waals surface area contributed by atoms with E-state index in [1.807, 2.05) is 13.8 Å². The lowest BCUT2D eigenvalue weighted by atomic mass is 10.0. The minimum Gasteiger partial charge on any atom is -0.480 e. The van der Waals surface area contributed by atoms with E-state index in [9.17, 15) is 24.0 Å². The van der Waals surface area contributed by atoms with E-state index in [0.717, 1.165) is 6.42 Å². The van der Waals surface area contributed by atoms with Gasteiger partial charge in [-0.1, -0.05) is 20.3 Å². The first-order chi connectivity index (χ1) is 16.4. The fourth-order valence-electron chi connectivity index (χ4n) is 1.56. The highest BCUT2D eigenvalue weighted by molar-refractivity contribution is 5.77. The second kappa shape index (κ2) is 24.6.